The minimum Gasteiger partial charge on any atom is -0.369 e. The third kappa shape index (κ3) is 4.10. The standard InChI is InChI=1S/C18H25N5OS/c1-12-5-6-14(25-12)7-9-19-17-15-8-10-23(13(2)24)11-16(15)20-18(21-17)22(3)4/h5-6H,7-11H2,1-4H3,(H,19,20,21). The predicted octanol–water partition coefficient (Wildman–Crippen LogP) is 2.47. The fraction of sp³-hybridized carbons (Fsp3) is 0.500. The van der Waals surface area contributed by atoms with Gasteiger partial charge in [0.25, 0.3) is 0 Å². The summed E-state index contributed by atoms with van der Waals surface area (Å²) in [6.45, 7) is 5.87. The van der Waals surface area contributed by atoms with E-state index < -0.39 is 0 Å². The average molecular weight is 359 g/mol. The van der Waals surface area contributed by atoms with Crippen LogP contribution in [0.3, 0.4) is 0 Å². The molecule has 0 unspecified atom stereocenters. The van der Waals surface area contributed by atoms with Crippen LogP contribution in [0, 0.1) is 6.92 Å². The summed E-state index contributed by atoms with van der Waals surface area (Å²) in [4.78, 5) is 27.5. The zero-order chi connectivity index (χ0) is 18.0. The molecule has 134 valence electrons. The number of thiophene rings is 1. The molecule has 2 aromatic rings. The first-order valence-corrected chi connectivity index (χ1v) is 9.37. The summed E-state index contributed by atoms with van der Waals surface area (Å²) in [6.07, 6.45) is 1.78. The Kier molecular flexibility index (Phi) is 5.22. The van der Waals surface area contributed by atoms with E-state index in [0.717, 1.165) is 43.0 Å². The molecule has 25 heavy (non-hydrogen) atoms. The van der Waals surface area contributed by atoms with Gasteiger partial charge in [0.1, 0.15) is 5.82 Å². The number of hydrogen-bond acceptors (Lipinski definition) is 6. The van der Waals surface area contributed by atoms with E-state index in [-0.39, 0.29) is 5.91 Å². The molecule has 0 aliphatic carbocycles. The summed E-state index contributed by atoms with van der Waals surface area (Å²) in [5.41, 5.74) is 2.10. The lowest BCUT2D eigenvalue weighted by atomic mass is 10.1. The minimum atomic E-state index is 0.0956. The van der Waals surface area contributed by atoms with Crippen LogP contribution in [0.1, 0.15) is 27.9 Å². The molecule has 0 aromatic carbocycles. The number of carbonyl (C=O) groups is 1. The van der Waals surface area contributed by atoms with Crippen molar-refractivity contribution >= 4 is 29.0 Å². The van der Waals surface area contributed by atoms with Crippen LogP contribution in [0.5, 0.6) is 0 Å². The SMILES string of the molecule is CC(=O)N1CCc2c(nc(N(C)C)nc2NCCc2ccc(C)s2)C1. The van der Waals surface area contributed by atoms with Gasteiger partial charge >= 0.3 is 0 Å². The van der Waals surface area contributed by atoms with Crippen LogP contribution in [0.25, 0.3) is 0 Å². The maximum absolute atomic E-state index is 11.7. The molecule has 3 rings (SSSR count). The van der Waals surface area contributed by atoms with E-state index in [9.17, 15) is 4.79 Å². The Morgan fingerprint density at radius 2 is 2.16 bits per heavy atom. The quantitative estimate of drug-likeness (QED) is 0.889. The highest BCUT2D eigenvalue weighted by Crippen LogP contribution is 2.26. The Bertz CT molecular complexity index is 771. The number of hydrogen-bond donors (Lipinski definition) is 1. The van der Waals surface area contributed by atoms with Crippen LogP contribution in [-0.2, 0) is 24.2 Å². The fourth-order valence-corrected chi connectivity index (χ4v) is 3.85. The highest BCUT2D eigenvalue weighted by molar-refractivity contribution is 7.11. The summed E-state index contributed by atoms with van der Waals surface area (Å²) in [6, 6.07) is 4.35. The molecule has 1 aliphatic heterocycles. The van der Waals surface area contributed by atoms with Gasteiger partial charge in [-0.15, -0.1) is 11.3 Å². The normalized spacial score (nSPS) is 13.5. The van der Waals surface area contributed by atoms with E-state index in [0.29, 0.717) is 12.5 Å². The van der Waals surface area contributed by atoms with Crippen LogP contribution >= 0.6 is 11.3 Å². The summed E-state index contributed by atoms with van der Waals surface area (Å²) < 4.78 is 0. The zero-order valence-electron chi connectivity index (χ0n) is 15.3. The van der Waals surface area contributed by atoms with Crippen molar-refractivity contribution in [2.75, 3.05) is 37.4 Å². The molecule has 0 saturated carbocycles. The number of nitrogens with one attached hydrogen (secondary N) is 1. The Balaban J connectivity index is 1.79. The Hall–Kier alpha value is -2.15. The lowest BCUT2D eigenvalue weighted by molar-refractivity contribution is -0.129. The molecular weight excluding hydrogens is 334 g/mol. The highest BCUT2D eigenvalue weighted by atomic mass is 32.1. The molecule has 1 aliphatic rings. The Morgan fingerprint density at radius 3 is 2.80 bits per heavy atom. The van der Waals surface area contributed by atoms with Crippen molar-refractivity contribution in [3.05, 3.63) is 33.1 Å². The molecule has 7 heteroatoms. The van der Waals surface area contributed by atoms with Crippen LogP contribution in [0.4, 0.5) is 11.8 Å². The molecule has 0 fully saturated rings. The molecule has 6 nitrogen and oxygen atoms in total. The maximum atomic E-state index is 11.7. The molecule has 1 N–H and O–H groups in total. The number of aryl methyl sites for hydroxylation is 1. The summed E-state index contributed by atoms with van der Waals surface area (Å²) >= 11 is 1.84. The number of nitrogens with zero attached hydrogens (tertiary/aromatic N) is 4. The zero-order valence-corrected chi connectivity index (χ0v) is 16.1. The molecule has 3 heterocycles. The number of aromatic nitrogens is 2. The third-order valence-corrected chi connectivity index (χ3v) is 5.42. The average Bonchev–Trinajstić information content (AvgIpc) is 2.99. The van der Waals surface area contributed by atoms with Gasteiger partial charge in [-0.3, -0.25) is 4.79 Å². The predicted molar refractivity (Wildman–Crippen MR) is 102 cm³/mol. The monoisotopic (exact) mass is 359 g/mol. The van der Waals surface area contributed by atoms with E-state index in [1.165, 1.54) is 9.75 Å². The van der Waals surface area contributed by atoms with E-state index in [1.54, 1.807) is 6.92 Å². The van der Waals surface area contributed by atoms with Crippen molar-refractivity contribution < 1.29 is 4.79 Å². The van der Waals surface area contributed by atoms with E-state index in [1.807, 2.05) is 35.2 Å². The second-order valence-corrected chi connectivity index (χ2v) is 7.94. The summed E-state index contributed by atoms with van der Waals surface area (Å²) in [5.74, 6) is 1.68. The van der Waals surface area contributed by atoms with E-state index in [4.69, 9.17) is 4.98 Å². The van der Waals surface area contributed by atoms with Gasteiger partial charge in [-0.25, -0.2) is 4.98 Å². The second kappa shape index (κ2) is 7.39. The molecular formula is C18H25N5OS. The van der Waals surface area contributed by atoms with Gasteiger partial charge < -0.3 is 15.1 Å². The Labute approximate surface area is 152 Å². The van der Waals surface area contributed by atoms with Crippen molar-refractivity contribution in [3.63, 3.8) is 0 Å². The molecule has 2 aromatic heterocycles. The van der Waals surface area contributed by atoms with E-state index >= 15 is 0 Å². The van der Waals surface area contributed by atoms with Crippen molar-refractivity contribution in [1.29, 1.82) is 0 Å². The number of amides is 1. The first-order chi connectivity index (χ1) is 11.9. The van der Waals surface area contributed by atoms with Gasteiger partial charge in [-0.1, -0.05) is 0 Å². The highest BCUT2D eigenvalue weighted by Gasteiger charge is 2.24. The molecule has 0 spiro atoms. The fourth-order valence-electron chi connectivity index (χ4n) is 2.96. The van der Waals surface area contributed by atoms with Crippen molar-refractivity contribution in [1.82, 2.24) is 14.9 Å². The topological polar surface area (TPSA) is 61.4 Å². The van der Waals surface area contributed by atoms with Crippen molar-refractivity contribution in [2.24, 2.45) is 0 Å². The first kappa shape index (κ1) is 17.7. The molecule has 0 radical (unpaired) electrons. The van der Waals surface area contributed by atoms with Crippen LogP contribution < -0.4 is 10.2 Å². The van der Waals surface area contributed by atoms with Gasteiger partial charge in [0, 0.05) is 49.4 Å². The number of carbonyl (C=O) groups excluding carboxylic acids is 1. The van der Waals surface area contributed by atoms with Gasteiger partial charge in [0.2, 0.25) is 11.9 Å². The molecule has 0 atom stereocenters. The van der Waals surface area contributed by atoms with Gasteiger partial charge in [0.15, 0.2) is 0 Å². The van der Waals surface area contributed by atoms with Gasteiger partial charge in [-0.05, 0) is 31.9 Å². The van der Waals surface area contributed by atoms with Crippen molar-refractivity contribution in [2.45, 2.75) is 33.2 Å². The largest absolute Gasteiger partial charge is 0.369 e. The Morgan fingerprint density at radius 1 is 1.36 bits per heavy atom. The van der Waals surface area contributed by atoms with Crippen LogP contribution in [0.15, 0.2) is 12.1 Å². The molecule has 0 saturated heterocycles. The first-order valence-electron chi connectivity index (χ1n) is 8.56. The van der Waals surface area contributed by atoms with E-state index in [2.05, 4.69) is 29.4 Å². The summed E-state index contributed by atoms with van der Waals surface area (Å²) in [7, 11) is 3.87. The lowest BCUT2D eigenvalue weighted by Crippen LogP contribution is -2.36. The smallest absolute Gasteiger partial charge is 0.227 e. The third-order valence-electron chi connectivity index (χ3n) is 4.36. The lowest BCUT2D eigenvalue weighted by Gasteiger charge is -2.29. The van der Waals surface area contributed by atoms with Gasteiger partial charge in [0.05, 0.1) is 12.2 Å². The van der Waals surface area contributed by atoms with Crippen LogP contribution in [0.2, 0.25) is 0 Å². The second-order valence-electron chi connectivity index (χ2n) is 6.57. The van der Waals surface area contributed by atoms with Crippen LogP contribution in [-0.4, -0.2) is 48.0 Å². The minimum absolute atomic E-state index is 0.0956. The van der Waals surface area contributed by atoms with Gasteiger partial charge in [-0.2, -0.15) is 4.98 Å². The number of rotatable bonds is 5. The maximum Gasteiger partial charge on any atom is 0.227 e. The van der Waals surface area contributed by atoms with Crippen molar-refractivity contribution in [3.8, 4) is 0 Å². The number of anilines is 2. The summed E-state index contributed by atoms with van der Waals surface area (Å²) in [5, 5.41) is 3.50. The number of fused-ring (bicyclic) bond motifs is 1. The molecule has 1 amide bonds. The molecule has 0 bridgehead atoms.